The van der Waals surface area contributed by atoms with Crippen molar-refractivity contribution in [3.63, 3.8) is 0 Å². The van der Waals surface area contributed by atoms with Crippen LogP contribution >= 0.6 is 0 Å². The standard InChI is InChI=1S/C21H25NO5/c1-24-18-9-12-5-6-22-11-15-13(7-16(22)14(12)10-19(18)25-2)8-17(23)21(27-4)20(15)26-3/h8-10,16,23H,5-7,11H2,1-4H3. The highest BCUT2D eigenvalue weighted by Gasteiger charge is 2.35. The fourth-order valence-corrected chi connectivity index (χ4v) is 4.41. The van der Waals surface area contributed by atoms with Crippen LogP contribution in [0.25, 0.3) is 0 Å². The molecule has 4 rings (SSSR count). The average Bonchev–Trinajstić information content (AvgIpc) is 2.70. The quantitative estimate of drug-likeness (QED) is 0.891. The van der Waals surface area contributed by atoms with Crippen molar-refractivity contribution in [2.24, 2.45) is 0 Å². The number of methoxy groups -OCH3 is 4. The van der Waals surface area contributed by atoms with Crippen LogP contribution in [0.1, 0.15) is 28.3 Å². The van der Waals surface area contributed by atoms with Gasteiger partial charge in [0, 0.05) is 24.7 Å². The Bertz CT molecular complexity index is 880. The largest absolute Gasteiger partial charge is 0.504 e. The van der Waals surface area contributed by atoms with Crippen molar-refractivity contribution >= 4 is 0 Å². The summed E-state index contributed by atoms with van der Waals surface area (Å²) >= 11 is 0. The van der Waals surface area contributed by atoms with E-state index >= 15 is 0 Å². The predicted molar refractivity (Wildman–Crippen MR) is 101 cm³/mol. The topological polar surface area (TPSA) is 60.4 Å². The third-order valence-electron chi connectivity index (χ3n) is 5.71. The Labute approximate surface area is 159 Å². The van der Waals surface area contributed by atoms with E-state index in [4.69, 9.17) is 18.9 Å². The molecule has 2 aliphatic heterocycles. The summed E-state index contributed by atoms with van der Waals surface area (Å²) in [7, 11) is 6.49. The zero-order valence-corrected chi connectivity index (χ0v) is 16.2. The number of ether oxygens (including phenoxy) is 4. The maximum Gasteiger partial charge on any atom is 0.203 e. The summed E-state index contributed by atoms with van der Waals surface area (Å²) < 4.78 is 21.9. The van der Waals surface area contributed by atoms with E-state index in [0.29, 0.717) is 11.5 Å². The Hall–Kier alpha value is -2.60. The Morgan fingerprint density at radius 2 is 1.59 bits per heavy atom. The molecule has 1 atom stereocenters. The molecule has 2 aromatic rings. The summed E-state index contributed by atoms with van der Waals surface area (Å²) in [5, 5.41) is 10.4. The van der Waals surface area contributed by atoms with E-state index in [-0.39, 0.29) is 11.8 Å². The third kappa shape index (κ3) is 2.75. The van der Waals surface area contributed by atoms with Gasteiger partial charge in [-0.25, -0.2) is 0 Å². The molecular weight excluding hydrogens is 346 g/mol. The minimum Gasteiger partial charge on any atom is -0.504 e. The fourth-order valence-electron chi connectivity index (χ4n) is 4.41. The molecule has 144 valence electrons. The molecule has 0 saturated heterocycles. The lowest BCUT2D eigenvalue weighted by Crippen LogP contribution is -2.39. The SMILES string of the molecule is COc1cc2c(cc1OC)C1Cc3cc(O)c(OC)c(OC)c3CN1CC2. The number of fused-ring (bicyclic) bond motifs is 4. The van der Waals surface area contributed by atoms with E-state index in [1.54, 1.807) is 28.4 Å². The first-order valence-electron chi connectivity index (χ1n) is 9.05. The van der Waals surface area contributed by atoms with Crippen LogP contribution in [0.15, 0.2) is 18.2 Å². The van der Waals surface area contributed by atoms with E-state index < -0.39 is 0 Å². The van der Waals surface area contributed by atoms with E-state index in [1.165, 1.54) is 11.1 Å². The van der Waals surface area contributed by atoms with E-state index in [9.17, 15) is 5.11 Å². The number of nitrogens with zero attached hydrogens (tertiary/aromatic N) is 1. The van der Waals surface area contributed by atoms with Gasteiger partial charge < -0.3 is 24.1 Å². The first-order valence-corrected chi connectivity index (χ1v) is 9.05. The predicted octanol–water partition coefficient (Wildman–Crippen LogP) is 3.08. The van der Waals surface area contributed by atoms with Crippen molar-refractivity contribution < 1.29 is 24.1 Å². The molecule has 0 aliphatic carbocycles. The summed E-state index contributed by atoms with van der Waals surface area (Å²) in [6.07, 6.45) is 1.75. The van der Waals surface area contributed by atoms with Crippen LogP contribution in [-0.2, 0) is 19.4 Å². The van der Waals surface area contributed by atoms with Crippen molar-refractivity contribution in [2.75, 3.05) is 35.0 Å². The summed E-state index contributed by atoms with van der Waals surface area (Å²) in [6, 6.07) is 6.23. The van der Waals surface area contributed by atoms with E-state index in [1.807, 2.05) is 6.07 Å². The van der Waals surface area contributed by atoms with Gasteiger partial charge >= 0.3 is 0 Å². The number of hydrogen-bond donors (Lipinski definition) is 1. The van der Waals surface area contributed by atoms with Crippen molar-refractivity contribution in [2.45, 2.75) is 25.4 Å². The van der Waals surface area contributed by atoms with Gasteiger partial charge in [-0.15, -0.1) is 0 Å². The molecule has 0 spiro atoms. The van der Waals surface area contributed by atoms with Gasteiger partial charge in [-0.2, -0.15) is 0 Å². The zero-order valence-electron chi connectivity index (χ0n) is 16.2. The molecule has 2 aromatic carbocycles. The van der Waals surface area contributed by atoms with Crippen LogP contribution in [0.5, 0.6) is 28.7 Å². The van der Waals surface area contributed by atoms with Crippen LogP contribution in [0.4, 0.5) is 0 Å². The second-order valence-electron chi connectivity index (χ2n) is 6.95. The molecule has 1 unspecified atom stereocenters. The number of hydrogen-bond acceptors (Lipinski definition) is 6. The monoisotopic (exact) mass is 371 g/mol. The molecule has 2 heterocycles. The van der Waals surface area contributed by atoms with E-state index in [0.717, 1.165) is 48.6 Å². The van der Waals surface area contributed by atoms with Gasteiger partial charge in [-0.1, -0.05) is 0 Å². The van der Waals surface area contributed by atoms with Crippen LogP contribution in [0.3, 0.4) is 0 Å². The van der Waals surface area contributed by atoms with Crippen LogP contribution in [0, 0.1) is 0 Å². The lowest BCUT2D eigenvalue weighted by atomic mass is 9.83. The van der Waals surface area contributed by atoms with Gasteiger partial charge in [0.25, 0.3) is 0 Å². The molecule has 27 heavy (non-hydrogen) atoms. The molecule has 0 radical (unpaired) electrons. The van der Waals surface area contributed by atoms with Crippen molar-refractivity contribution in [1.29, 1.82) is 0 Å². The highest BCUT2D eigenvalue weighted by Crippen LogP contribution is 2.48. The number of phenolic OH excluding ortho intramolecular Hbond substituents is 1. The maximum atomic E-state index is 10.4. The molecule has 0 amide bonds. The summed E-state index contributed by atoms with van der Waals surface area (Å²) in [5.74, 6) is 2.66. The fraction of sp³-hybridized carbons (Fsp3) is 0.429. The maximum absolute atomic E-state index is 10.4. The Morgan fingerprint density at radius 3 is 2.26 bits per heavy atom. The first-order chi connectivity index (χ1) is 13.1. The zero-order chi connectivity index (χ0) is 19.1. The lowest BCUT2D eigenvalue weighted by Gasteiger charge is -2.42. The molecule has 6 heteroatoms. The van der Waals surface area contributed by atoms with Gasteiger partial charge in [0.15, 0.2) is 23.0 Å². The van der Waals surface area contributed by atoms with Gasteiger partial charge in [0.05, 0.1) is 28.4 Å². The lowest BCUT2D eigenvalue weighted by molar-refractivity contribution is 0.156. The Kier molecular flexibility index (Phi) is 4.52. The molecule has 0 bridgehead atoms. The van der Waals surface area contributed by atoms with Crippen molar-refractivity contribution in [1.82, 2.24) is 4.90 Å². The molecule has 1 N–H and O–H groups in total. The highest BCUT2D eigenvalue weighted by atomic mass is 16.5. The van der Waals surface area contributed by atoms with Gasteiger partial charge in [0.2, 0.25) is 5.75 Å². The van der Waals surface area contributed by atoms with Crippen LogP contribution in [0.2, 0.25) is 0 Å². The van der Waals surface area contributed by atoms with E-state index in [2.05, 4.69) is 17.0 Å². The van der Waals surface area contributed by atoms with Gasteiger partial charge in [0.1, 0.15) is 0 Å². The highest BCUT2D eigenvalue weighted by molar-refractivity contribution is 5.60. The van der Waals surface area contributed by atoms with Crippen molar-refractivity contribution in [3.05, 3.63) is 40.5 Å². The molecular formula is C21H25NO5. The molecule has 0 aromatic heterocycles. The number of phenols is 1. The third-order valence-corrected chi connectivity index (χ3v) is 5.71. The van der Waals surface area contributed by atoms with Gasteiger partial charge in [-0.3, -0.25) is 4.90 Å². The van der Waals surface area contributed by atoms with Crippen molar-refractivity contribution in [3.8, 4) is 28.7 Å². The minimum atomic E-state index is 0.116. The number of aromatic hydroxyl groups is 1. The molecule has 6 nitrogen and oxygen atoms in total. The first kappa shape index (κ1) is 17.8. The second-order valence-corrected chi connectivity index (χ2v) is 6.95. The molecule has 2 aliphatic rings. The van der Waals surface area contributed by atoms with Crippen LogP contribution < -0.4 is 18.9 Å². The summed E-state index contributed by atoms with van der Waals surface area (Å²) in [6.45, 7) is 1.71. The summed E-state index contributed by atoms with van der Waals surface area (Å²) in [4.78, 5) is 2.45. The molecule has 0 saturated carbocycles. The van der Waals surface area contributed by atoms with Gasteiger partial charge in [-0.05, 0) is 47.7 Å². The molecule has 0 fully saturated rings. The second kappa shape index (κ2) is 6.85. The smallest absolute Gasteiger partial charge is 0.203 e. The summed E-state index contributed by atoms with van der Waals surface area (Å²) in [5.41, 5.74) is 4.74. The number of rotatable bonds is 4. The number of benzene rings is 2. The minimum absolute atomic E-state index is 0.116. The Morgan fingerprint density at radius 1 is 0.889 bits per heavy atom. The normalized spacial score (nSPS) is 18.1. The Balaban J connectivity index is 1.79. The van der Waals surface area contributed by atoms with Crippen LogP contribution in [-0.4, -0.2) is 45.0 Å². The average molecular weight is 371 g/mol.